The van der Waals surface area contributed by atoms with E-state index < -0.39 is 9.84 Å². The molecule has 0 aromatic heterocycles. The van der Waals surface area contributed by atoms with Gasteiger partial charge in [0.2, 0.25) is 5.91 Å². The second-order valence-corrected chi connectivity index (χ2v) is 9.51. The molecule has 0 saturated carbocycles. The molecule has 0 unspecified atom stereocenters. The smallest absolute Gasteiger partial charge is 0.230 e. The number of hydrogen-bond acceptors (Lipinski definition) is 4. The molecule has 1 aliphatic heterocycles. The van der Waals surface area contributed by atoms with E-state index in [2.05, 4.69) is 38.2 Å². The van der Waals surface area contributed by atoms with E-state index in [0.29, 0.717) is 18.7 Å². The van der Waals surface area contributed by atoms with E-state index in [4.69, 9.17) is 0 Å². The average Bonchev–Trinajstić information content (AvgIpc) is 2.74. The summed E-state index contributed by atoms with van der Waals surface area (Å²) >= 11 is 1.45. The van der Waals surface area contributed by atoms with Crippen LogP contribution in [0.5, 0.6) is 0 Å². The number of aryl methyl sites for hydroxylation is 3. The molecule has 1 N–H and O–H groups in total. The van der Waals surface area contributed by atoms with Gasteiger partial charge in [0.15, 0.2) is 9.84 Å². The Labute approximate surface area is 137 Å². The van der Waals surface area contributed by atoms with Crippen molar-refractivity contribution < 1.29 is 13.2 Å². The van der Waals surface area contributed by atoms with E-state index in [1.54, 1.807) is 0 Å². The minimum Gasteiger partial charge on any atom is -0.351 e. The summed E-state index contributed by atoms with van der Waals surface area (Å²) in [5.74, 6) is 0.757. The molecule has 1 aromatic rings. The summed E-state index contributed by atoms with van der Waals surface area (Å²) in [7, 11) is -2.87. The van der Waals surface area contributed by atoms with E-state index >= 15 is 0 Å². The van der Waals surface area contributed by atoms with Crippen LogP contribution in [0.3, 0.4) is 0 Å². The summed E-state index contributed by atoms with van der Waals surface area (Å²) in [5, 5.41) is 3.00. The number of thioether (sulfide) groups is 1. The van der Waals surface area contributed by atoms with Crippen molar-refractivity contribution in [1.29, 1.82) is 0 Å². The molecule has 1 aromatic carbocycles. The number of amides is 1. The van der Waals surface area contributed by atoms with Crippen LogP contribution in [0.2, 0.25) is 0 Å². The van der Waals surface area contributed by atoms with Crippen molar-refractivity contribution in [2.24, 2.45) is 0 Å². The second kappa shape index (κ2) is 7.04. The van der Waals surface area contributed by atoms with Crippen LogP contribution in [0.15, 0.2) is 12.1 Å². The Morgan fingerprint density at radius 1 is 1.27 bits per heavy atom. The third-order valence-electron chi connectivity index (χ3n) is 3.94. The summed E-state index contributed by atoms with van der Waals surface area (Å²) in [6, 6.07) is 4.24. The highest BCUT2D eigenvalue weighted by Gasteiger charge is 2.28. The van der Waals surface area contributed by atoms with Gasteiger partial charge in [-0.3, -0.25) is 4.79 Å². The van der Waals surface area contributed by atoms with Crippen molar-refractivity contribution in [3.8, 4) is 0 Å². The van der Waals surface area contributed by atoms with Crippen LogP contribution < -0.4 is 5.32 Å². The molecule has 2 rings (SSSR count). The maximum Gasteiger partial charge on any atom is 0.230 e. The summed E-state index contributed by atoms with van der Waals surface area (Å²) in [6.07, 6.45) is 0.663. The van der Waals surface area contributed by atoms with Gasteiger partial charge in [-0.25, -0.2) is 8.42 Å². The lowest BCUT2D eigenvalue weighted by atomic mass is 10.00. The summed E-state index contributed by atoms with van der Waals surface area (Å²) < 4.78 is 22.8. The Bertz CT molecular complexity index is 645. The van der Waals surface area contributed by atoms with Gasteiger partial charge in [0.1, 0.15) is 0 Å². The van der Waals surface area contributed by atoms with Gasteiger partial charge in [-0.05, 0) is 43.9 Å². The van der Waals surface area contributed by atoms with E-state index in [1.807, 2.05) is 0 Å². The van der Waals surface area contributed by atoms with Gasteiger partial charge in [0.05, 0.1) is 17.3 Å². The lowest BCUT2D eigenvalue weighted by Crippen LogP contribution is -2.26. The third-order valence-corrected chi connectivity index (χ3v) is 7.23. The first kappa shape index (κ1) is 17.3. The maximum absolute atomic E-state index is 11.9. The molecule has 1 aliphatic rings. The average molecular weight is 341 g/mol. The Morgan fingerprint density at radius 2 is 1.91 bits per heavy atom. The van der Waals surface area contributed by atoms with Crippen molar-refractivity contribution in [2.75, 3.05) is 17.3 Å². The molecule has 122 valence electrons. The van der Waals surface area contributed by atoms with Crippen molar-refractivity contribution >= 4 is 27.5 Å². The molecule has 1 amide bonds. The Morgan fingerprint density at radius 3 is 2.45 bits per heavy atom. The zero-order valence-corrected chi connectivity index (χ0v) is 14.9. The zero-order chi connectivity index (χ0) is 16.3. The highest BCUT2D eigenvalue weighted by atomic mass is 32.2. The van der Waals surface area contributed by atoms with Gasteiger partial charge in [0.25, 0.3) is 0 Å². The Hall–Kier alpha value is -1.01. The molecule has 0 bridgehead atoms. The summed E-state index contributed by atoms with van der Waals surface area (Å²) in [5.41, 5.74) is 4.76. The molecule has 1 heterocycles. The number of nitrogens with one attached hydrogen (secondary N) is 1. The minimum absolute atomic E-state index is 0.0336. The lowest BCUT2D eigenvalue weighted by molar-refractivity contribution is -0.118. The quantitative estimate of drug-likeness (QED) is 0.891. The largest absolute Gasteiger partial charge is 0.351 e. The highest BCUT2D eigenvalue weighted by Crippen LogP contribution is 2.24. The van der Waals surface area contributed by atoms with E-state index in [-0.39, 0.29) is 22.7 Å². The number of sulfone groups is 1. The van der Waals surface area contributed by atoms with E-state index in [9.17, 15) is 13.2 Å². The minimum atomic E-state index is -2.87. The van der Waals surface area contributed by atoms with Crippen molar-refractivity contribution in [3.05, 3.63) is 34.4 Å². The maximum atomic E-state index is 11.9. The van der Waals surface area contributed by atoms with Crippen molar-refractivity contribution in [1.82, 2.24) is 5.32 Å². The molecule has 1 fully saturated rings. The number of carbonyl (C=O) groups excluding carboxylic acids is 1. The number of benzene rings is 1. The van der Waals surface area contributed by atoms with Gasteiger partial charge in [-0.1, -0.05) is 17.7 Å². The molecule has 1 saturated heterocycles. The van der Waals surface area contributed by atoms with Gasteiger partial charge in [-0.2, -0.15) is 0 Å². The van der Waals surface area contributed by atoms with Crippen LogP contribution in [-0.2, 0) is 21.2 Å². The zero-order valence-electron chi connectivity index (χ0n) is 13.3. The molecule has 0 spiro atoms. The molecule has 6 heteroatoms. The van der Waals surface area contributed by atoms with Gasteiger partial charge < -0.3 is 5.32 Å². The fourth-order valence-electron chi connectivity index (χ4n) is 2.81. The van der Waals surface area contributed by atoms with E-state index in [0.717, 1.165) is 5.56 Å². The predicted molar refractivity (Wildman–Crippen MR) is 92.0 cm³/mol. The Kier molecular flexibility index (Phi) is 5.55. The predicted octanol–water partition coefficient (Wildman–Crippen LogP) is 2.15. The molecular formula is C16H23NO3S2. The molecule has 22 heavy (non-hydrogen) atoms. The molecule has 1 atom stereocenters. The summed E-state index contributed by atoms with van der Waals surface area (Å²) in [6.45, 7) is 6.70. The molecular weight excluding hydrogens is 318 g/mol. The number of rotatable bonds is 5. The summed E-state index contributed by atoms with van der Waals surface area (Å²) in [4.78, 5) is 11.9. The standard InChI is InChI=1S/C16H23NO3S2/c1-11-6-12(2)15(13(3)7-11)8-17-16(18)9-21-14-4-5-22(19,20)10-14/h6-7,14H,4-5,8-10H2,1-3H3,(H,17,18)/t14-/m0/s1. The first-order valence-electron chi connectivity index (χ1n) is 7.42. The number of carbonyl (C=O) groups is 1. The van der Waals surface area contributed by atoms with Crippen LogP contribution in [0, 0.1) is 20.8 Å². The molecule has 0 radical (unpaired) electrons. The first-order valence-corrected chi connectivity index (χ1v) is 10.3. The van der Waals surface area contributed by atoms with Gasteiger partial charge in [0, 0.05) is 11.8 Å². The first-order chi connectivity index (χ1) is 10.3. The van der Waals surface area contributed by atoms with Crippen molar-refractivity contribution in [3.63, 3.8) is 0 Å². The SMILES string of the molecule is Cc1cc(C)c(CNC(=O)CS[C@H]2CCS(=O)(=O)C2)c(C)c1. The van der Waals surface area contributed by atoms with Crippen LogP contribution in [0.1, 0.15) is 28.7 Å². The topological polar surface area (TPSA) is 63.2 Å². The van der Waals surface area contributed by atoms with Crippen LogP contribution >= 0.6 is 11.8 Å². The van der Waals surface area contributed by atoms with Gasteiger partial charge >= 0.3 is 0 Å². The number of hydrogen-bond donors (Lipinski definition) is 1. The van der Waals surface area contributed by atoms with Crippen LogP contribution in [-0.4, -0.2) is 36.8 Å². The fraction of sp³-hybridized carbons (Fsp3) is 0.562. The lowest BCUT2D eigenvalue weighted by Gasteiger charge is -2.13. The normalized spacial score (nSPS) is 20.0. The third kappa shape index (κ3) is 4.74. The second-order valence-electron chi connectivity index (χ2n) is 5.99. The van der Waals surface area contributed by atoms with Gasteiger partial charge in [-0.15, -0.1) is 11.8 Å². The monoisotopic (exact) mass is 341 g/mol. The highest BCUT2D eigenvalue weighted by molar-refractivity contribution is 8.02. The van der Waals surface area contributed by atoms with E-state index in [1.165, 1.54) is 28.5 Å². The molecule has 4 nitrogen and oxygen atoms in total. The fourth-order valence-corrected chi connectivity index (χ4v) is 6.29. The Balaban J connectivity index is 1.81. The van der Waals surface area contributed by atoms with Crippen molar-refractivity contribution in [2.45, 2.75) is 39.0 Å². The van der Waals surface area contributed by atoms with Crippen LogP contribution in [0.4, 0.5) is 0 Å². The van der Waals surface area contributed by atoms with Crippen LogP contribution in [0.25, 0.3) is 0 Å². The molecule has 0 aliphatic carbocycles.